The van der Waals surface area contributed by atoms with Crippen LogP contribution in [0.2, 0.25) is 0 Å². The second kappa shape index (κ2) is 4.10. The molecule has 0 aromatic heterocycles. The van der Waals surface area contributed by atoms with Crippen LogP contribution in [-0.4, -0.2) is 6.17 Å². The van der Waals surface area contributed by atoms with Gasteiger partial charge in [0.05, 0.1) is 6.17 Å². The van der Waals surface area contributed by atoms with E-state index in [0.717, 1.165) is 6.42 Å². The summed E-state index contributed by atoms with van der Waals surface area (Å²) in [5.41, 5.74) is 0. The Labute approximate surface area is 44.7 Å². The quantitative estimate of drug-likeness (QED) is 0.514. The first kappa shape index (κ1) is 6.93. The molecule has 1 heteroatoms. The highest BCUT2D eigenvalue weighted by atomic mass is 19.1. The van der Waals surface area contributed by atoms with Crippen LogP contribution in [0.1, 0.15) is 26.2 Å². The smallest absolute Gasteiger partial charge is 0.0999 e. The molecule has 0 saturated heterocycles. The molecule has 0 amide bonds. The van der Waals surface area contributed by atoms with Crippen LogP contribution in [0, 0.1) is 6.92 Å². The molecule has 0 unspecified atom stereocenters. The first-order valence-corrected chi connectivity index (χ1v) is 2.74. The summed E-state index contributed by atoms with van der Waals surface area (Å²) in [5.74, 6) is 0. The average molecular weight is 103 g/mol. The minimum absolute atomic E-state index is 0.613. The van der Waals surface area contributed by atoms with Crippen LogP contribution in [0.5, 0.6) is 0 Å². The van der Waals surface area contributed by atoms with E-state index in [1.165, 1.54) is 0 Å². The van der Waals surface area contributed by atoms with Gasteiger partial charge in [0, 0.05) is 0 Å². The summed E-state index contributed by atoms with van der Waals surface area (Å²) in [5, 5.41) is 0. The highest BCUT2D eigenvalue weighted by Gasteiger charge is 1.97. The Morgan fingerprint density at radius 2 is 2.29 bits per heavy atom. The van der Waals surface area contributed by atoms with Crippen LogP contribution >= 0.6 is 0 Å². The van der Waals surface area contributed by atoms with Crippen molar-refractivity contribution in [2.75, 3.05) is 0 Å². The van der Waals surface area contributed by atoms with Crippen LogP contribution in [0.3, 0.4) is 0 Å². The molecule has 1 atom stereocenters. The minimum atomic E-state index is -0.613. The van der Waals surface area contributed by atoms with Crippen LogP contribution < -0.4 is 0 Å². The third kappa shape index (κ3) is 3.77. The molecule has 0 aliphatic carbocycles. The molecule has 0 saturated carbocycles. The van der Waals surface area contributed by atoms with Crippen molar-refractivity contribution in [2.45, 2.75) is 32.4 Å². The fourth-order valence-electron chi connectivity index (χ4n) is 0.426. The molecule has 0 heterocycles. The van der Waals surface area contributed by atoms with Crippen LogP contribution in [0.25, 0.3) is 0 Å². The van der Waals surface area contributed by atoms with E-state index in [1.54, 1.807) is 0 Å². The Balaban J connectivity index is 2.83. The van der Waals surface area contributed by atoms with Gasteiger partial charge in [-0.25, -0.2) is 4.39 Å². The SMILES string of the molecule is [CH2]CC[C@H](F)CC. The van der Waals surface area contributed by atoms with Gasteiger partial charge < -0.3 is 0 Å². The topological polar surface area (TPSA) is 0 Å². The first-order chi connectivity index (χ1) is 3.31. The van der Waals surface area contributed by atoms with Crippen molar-refractivity contribution in [3.8, 4) is 0 Å². The minimum Gasteiger partial charge on any atom is -0.248 e. The Morgan fingerprint density at radius 1 is 1.71 bits per heavy atom. The van der Waals surface area contributed by atoms with Crippen molar-refractivity contribution < 1.29 is 4.39 Å². The summed E-state index contributed by atoms with van der Waals surface area (Å²) in [4.78, 5) is 0. The Morgan fingerprint density at radius 3 is 2.43 bits per heavy atom. The van der Waals surface area contributed by atoms with Gasteiger partial charge >= 0.3 is 0 Å². The largest absolute Gasteiger partial charge is 0.248 e. The van der Waals surface area contributed by atoms with Gasteiger partial charge in [0.2, 0.25) is 0 Å². The van der Waals surface area contributed by atoms with Gasteiger partial charge in [-0.1, -0.05) is 20.3 Å². The molecular formula is C6H12F. The zero-order valence-corrected chi connectivity index (χ0v) is 4.78. The number of halogens is 1. The third-order valence-electron chi connectivity index (χ3n) is 0.960. The number of hydrogen-bond donors (Lipinski definition) is 0. The van der Waals surface area contributed by atoms with Gasteiger partial charge in [0.1, 0.15) is 0 Å². The molecule has 0 aliphatic rings. The molecule has 0 fully saturated rings. The van der Waals surface area contributed by atoms with Gasteiger partial charge in [-0.3, -0.25) is 0 Å². The highest BCUT2D eigenvalue weighted by molar-refractivity contribution is 4.52. The van der Waals surface area contributed by atoms with E-state index >= 15 is 0 Å². The summed E-state index contributed by atoms with van der Waals surface area (Å²) in [6.45, 7) is 5.38. The lowest BCUT2D eigenvalue weighted by molar-refractivity contribution is 0.307. The van der Waals surface area contributed by atoms with E-state index in [0.29, 0.717) is 12.8 Å². The van der Waals surface area contributed by atoms with Gasteiger partial charge in [0.25, 0.3) is 0 Å². The maximum absolute atomic E-state index is 12.1. The van der Waals surface area contributed by atoms with Gasteiger partial charge in [0.15, 0.2) is 0 Å². The van der Waals surface area contributed by atoms with Crippen molar-refractivity contribution in [1.82, 2.24) is 0 Å². The molecule has 0 nitrogen and oxygen atoms in total. The molecule has 1 radical (unpaired) electrons. The maximum Gasteiger partial charge on any atom is 0.0999 e. The highest BCUT2D eigenvalue weighted by Crippen LogP contribution is 2.03. The molecule has 43 valence electrons. The fraction of sp³-hybridized carbons (Fsp3) is 0.833. The summed E-state index contributed by atoms with van der Waals surface area (Å²) < 4.78 is 12.1. The summed E-state index contributed by atoms with van der Waals surface area (Å²) >= 11 is 0. The van der Waals surface area contributed by atoms with Crippen molar-refractivity contribution in [3.63, 3.8) is 0 Å². The standard InChI is InChI=1S/C6H12F/c1-3-5-6(7)4-2/h6H,1,3-5H2,2H3/t6-/m1/s1. The lowest BCUT2D eigenvalue weighted by atomic mass is 10.2. The Hall–Kier alpha value is -0.0700. The van der Waals surface area contributed by atoms with Crippen LogP contribution in [0.15, 0.2) is 0 Å². The molecule has 0 rings (SSSR count). The first-order valence-electron chi connectivity index (χ1n) is 2.74. The zero-order valence-electron chi connectivity index (χ0n) is 4.78. The van der Waals surface area contributed by atoms with E-state index in [2.05, 4.69) is 6.92 Å². The van der Waals surface area contributed by atoms with E-state index in [9.17, 15) is 4.39 Å². The predicted molar refractivity (Wildman–Crippen MR) is 29.8 cm³/mol. The fourth-order valence-corrected chi connectivity index (χ4v) is 0.426. The molecule has 0 aliphatic heterocycles. The summed E-state index contributed by atoms with van der Waals surface area (Å²) in [6, 6.07) is 0. The molecule has 0 N–H and O–H groups in total. The van der Waals surface area contributed by atoms with Crippen LogP contribution in [0.4, 0.5) is 4.39 Å². The van der Waals surface area contributed by atoms with Crippen LogP contribution in [-0.2, 0) is 0 Å². The Kier molecular flexibility index (Phi) is 4.06. The second-order valence-electron chi connectivity index (χ2n) is 1.65. The van der Waals surface area contributed by atoms with Gasteiger partial charge in [-0.05, 0) is 12.8 Å². The number of alkyl halides is 1. The monoisotopic (exact) mass is 103 g/mol. The normalized spacial score (nSPS) is 14.1. The zero-order chi connectivity index (χ0) is 5.70. The molecule has 0 aromatic carbocycles. The van der Waals surface area contributed by atoms with Crippen molar-refractivity contribution in [3.05, 3.63) is 6.92 Å². The Bertz CT molecular complexity index is 35.2. The molecule has 7 heavy (non-hydrogen) atoms. The number of rotatable bonds is 3. The predicted octanol–water partition coefficient (Wildman–Crippen LogP) is 2.35. The number of hydrogen-bond acceptors (Lipinski definition) is 0. The summed E-state index contributed by atoms with van der Waals surface area (Å²) in [7, 11) is 0. The van der Waals surface area contributed by atoms with Gasteiger partial charge in [-0.15, -0.1) is 0 Å². The van der Waals surface area contributed by atoms with Crippen molar-refractivity contribution >= 4 is 0 Å². The van der Waals surface area contributed by atoms with Crippen molar-refractivity contribution in [1.29, 1.82) is 0 Å². The van der Waals surface area contributed by atoms with Crippen molar-refractivity contribution in [2.24, 2.45) is 0 Å². The average Bonchev–Trinajstić information content (AvgIpc) is 1.68. The lowest BCUT2D eigenvalue weighted by Gasteiger charge is -1.98. The molecule has 0 bridgehead atoms. The summed E-state index contributed by atoms with van der Waals surface area (Å²) in [6.07, 6.45) is 1.36. The van der Waals surface area contributed by atoms with E-state index in [1.807, 2.05) is 6.92 Å². The third-order valence-corrected chi connectivity index (χ3v) is 0.960. The van der Waals surface area contributed by atoms with E-state index in [4.69, 9.17) is 0 Å². The van der Waals surface area contributed by atoms with E-state index < -0.39 is 6.17 Å². The molecular weight excluding hydrogens is 91.1 g/mol. The molecule has 0 spiro atoms. The maximum atomic E-state index is 12.1. The second-order valence-corrected chi connectivity index (χ2v) is 1.65. The van der Waals surface area contributed by atoms with E-state index in [-0.39, 0.29) is 0 Å². The van der Waals surface area contributed by atoms with Gasteiger partial charge in [-0.2, -0.15) is 0 Å². The lowest BCUT2D eigenvalue weighted by Crippen LogP contribution is -1.94. The molecule has 0 aromatic rings.